The summed E-state index contributed by atoms with van der Waals surface area (Å²) in [4.78, 5) is 20.8. The molecule has 0 amide bonds. The molecule has 1 N–H and O–H groups in total. The summed E-state index contributed by atoms with van der Waals surface area (Å²) < 4.78 is 31.0. The molecule has 0 aromatic carbocycles. The van der Waals surface area contributed by atoms with Gasteiger partial charge >= 0.3 is 12.3 Å². The van der Waals surface area contributed by atoms with Crippen LogP contribution in [0, 0.1) is 5.41 Å². The van der Waals surface area contributed by atoms with Crippen molar-refractivity contribution in [3.05, 3.63) is 0 Å². The van der Waals surface area contributed by atoms with Gasteiger partial charge in [-0.25, -0.2) is 14.0 Å². The highest BCUT2D eigenvalue weighted by Gasteiger charge is 2.32. The highest BCUT2D eigenvalue weighted by atomic mass is 79.9. The van der Waals surface area contributed by atoms with Crippen LogP contribution in [0.2, 0.25) is 0 Å². The molecule has 0 rings (SSSR count). The average molecular weight is 330 g/mol. The first kappa shape index (κ1) is 16.6. The first-order valence-corrected chi connectivity index (χ1v) is 5.61. The van der Waals surface area contributed by atoms with Gasteiger partial charge in [-0.3, -0.25) is 0 Å². The smallest absolute Gasteiger partial charge is 0.438 e. The number of rotatable bonds is 6. The molecule has 0 bridgehead atoms. The number of carbonyl (C=O) groups excluding carboxylic acids is 2. The predicted molar refractivity (Wildman–Crippen MR) is 62.0 cm³/mol. The Bertz CT molecular complexity index is 303. The topological polar surface area (TPSA) is 94.9 Å². The lowest BCUT2D eigenvalue weighted by Crippen LogP contribution is -2.39. The van der Waals surface area contributed by atoms with Crippen LogP contribution in [0.25, 0.3) is 0 Å². The molecule has 0 spiro atoms. The first-order valence-electron chi connectivity index (χ1n) is 4.70. The van der Waals surface area contributed by atoms with Crippen molar-refractivity contribution in [1.82, 2.24) is 0 Å². The van der Waals surface area contributed by atoms with Crippen molar-refractivity contribution in [2.24, 2.45) is 0 Å². The Morgan fingerprint density at radius 1 is 1.33 bits per heavy atom. The van der Waals surface area contributed by atoms with Crippen LogP contribution in [0.3, 0.4) is 0 Å². The summed E-state index contributed by atoms with van der Waals surface area (Å²) in [5.74, 6) is 0. The molecule has 0 aliphatic heterocycles. The maximum atomic E-state index is 13.4. The van der Waals surface area contributed by atoms with E-state index in [2.05, 4.69) is 34.9 Å². The van der Waals surface area contributed by atoms with Crippen LogP contribution in [0.5, 0.6) is 0 Å². The van der Waals surface area contributed by atoms with Gasteiger partial charge in [0.1, 0.15) is 6.61 Å². The normalized spacial score (nSPS) is 14.9. The van der Waals surface area contributed by atoms with E-state index in [1.807, 2.05) is 0 Å². The van der Waals surface area contributed by atoms with E-state index in [1.54, 1.807) is 0 Å². The minimum Gasteiger partial charge on any atom is -0.438 e. The highest BCUT2D eigenvalue weighted by Crippen LogP contribution is 2.16. The maximum absolute atomic E-state index is 13.4. The van der Waals surface area contributed by atoms with Crippen molar-refractivity contribution in [3.8, 4) is 0 Å². The summed E-state index contributed by atoms with van der Waals surface area (Å²) in [6.45, 7) is -0.303. The van der Waals surface area contributed by atoms with E-state index in [0.717, 1.165) is 14.2 Å². The molecule has 0 saturated carbocycles. The standard InChI is InChI=1S/C9H13BrFNO6/c1-15-8(13)17-4-5(10)7(6(11)3-12)18-9(14)16-2/h3,5-7,12H,4H2,1-2H3/t5-,6+,7+/m0/s1. The van der Waals surface area contributed by atoms with Crippen molar-refractivity contribution < 1.29 is 32.9 Å². The molecule has 104 valence electrons. The molecule has 0 unspecified atom stereocenters. The van der Waals surface area contributed by atoms with E-state index in [9.17, 15) is 14.0 Å². The van der Waals surface area contributed by atoms with Gasteiger partial charge in [0.2, 0.25) is 0 Å². The molecule has 0 fully saturated rings. The van der Waals surface area contributed by atoms with Crippen LogP contribution in [0.1, 0.15) is 0 Å². The van der Waals surface area contributed by atoms with Crippen molar-refractivity contribution in [3.63, 3.8) is 0 Å². The Kier molecular flexibility index (Phi) is 8.01. The number of carbonyl (C=O) groups is 2. The van der Waals surface area contributed by atoms with E-state index < -0.39 is 29.4 Å². The number of alkyl halides is 2. The lowest BCUT2D eigenvalue weighted by atomic mass is 10.2. The highest BCUT2D eigenvalue weighted by molar-refractivity contribution is 9.09. The van der Waals surface area contributed by atoms with Crippen LogP contribution in [-0.2, 0) is 18.9 Å². The molecular formula is C9H13BrFNO6. The first-order chi connectivity index (χ1) is 8.46. The van der Waals surface area contributed by atoms with E-state index in [1.165, 1.54) is 0 Å². The molecular weight excluding hydrogens is 317 g/mol. The molecule has 18 heavy (non-hydrogen) atoms. The van der Waals surface area contributed by atoms with E-state index in [0.29, 0.717) is 6.21 Å². The third-order valence-corrected chi connectivity index (χ3v) is 2.54. The van der Waals surface area contributed by atoms with Gasteiger partial charge in [-0.2, -0.15) is 0 Å². The minimum atomic E-state index is -1.87. The van der Waals surface area contributed by atoms with Crippen LogP contribution < -0.4 is 0 Å². The van der Waals surface area contributed by atoms with E-state index in [-0.39, 0.29) is 6.61 Å². The molecule has 0 heterocycles. The molecule has 0 aromatic heterocycles. The molecule has 0 radical (unpaired) electrons. The van der Waals surface area contributed by atoms with Gasteiger partial charge in [0.25, 0.3) is 0 Å². The summed E-state index contributed by atoms with van der Waals surface area (Å²) in [5, 5.41) is 6.80. The monoisotopic (exact) mass is 329 g/mol. The number of ether oxygens (including phenoxy) is 4. The summed E-state index contributed by atoms with van der Waals surface area (Å²) in [6.07, 6.45) is -4.83. The van der Waals surface area contributed by atoms with Gasteiger partial charge in [-0.1, -0.05) is 15.9 Å². The SMILES string of the molecule is COC(=O)OC[C@H](Br)[C@@H](OC(=O)OC)[C@H](F)C=N. The second-order valence-electron chi connectivity index (χ2n) is 2.93. The van der Waals surface area contributed by atoms with Crippen LogP contribution in [-0.4, -0.2) is 56.5 Å². The fourth-order valence-corrected chi connectivity index (χ4v) is 1.43. The summed E-state index contributed by atoms with van der Waals surface area (Å²) in [5.41, 5.74) is 0. The van der Waals surface area contributed by atoms with Crippen molar-refractivity contribution >= 4 is 34.5 Å². The van der Waals surface area contributed by atoms with Gasteiger partial charge < -0.3 is 24.4 Å². The van der Waals surface area contributed by atoms with Crippen molar-refractivity contribution in [1.29, 1.82) is 5.41 Å². The maximum Gasteiger partial charge on any atom is 0.508 e. The van der Waals surface area contributed by atoms with Gasteiger partial charge in [0.15, 0.2) is 12.3 Å². The zero-order valence-electron chi connectivity index (χ0n) is 9.72. The fourth-order valence-electron chi connectivity index (χ4n) is 0.894. The van der Waals surface area contributed by atoms with Gasteiger partial charge in [-0.15, -0.1) is 0 Å². The lowest BCUT2D eigenvalue weighted by Gasteiger charge is -2.22. The van der Waals surface area contributed by atoms with E-state index in [4.69, 9.17) is 5.41 Å². The zero-order chi connectivity index (χ0) is 14.1. The zero-order valence-corrected chi connectivity index (χ0v) is 11.3. The summed E-state index contributed by atoms with van der Waals surface area (Å²) >= 11 is 2.99. The molecule has 3 atom stereocenters. The molecule has 9 heteroatoms. The number of nitrogens with one attached hydrogen (secondary N) is 1. The van der Waals surface area contributed by atoms with Crippen molar-refractivity contribution in [2.45, 2.75) is 17.1 Å². The Balaban J connectivity index is 4.49. The molecule has 0 aromatic rings. The van der Waals surface area contributed by atoms with E-state index >= 15 is 0 Å². The summed E-state index contributed by atoms with van der Waals surface area (Å²) in [7, 11) is 2.18. The number of methoxy groups -OCH3 is 2. The van der Waals surface area contributed by atoms with Gasteiger partial charge in [-0.05, 0) is 0 Å². The van der Waals surface area contributed by atoms with Gasteiger partial charge in [0, 0.05) is 6.21 Å². The third-order valence-electron chi connectivity index (χ3n) is 1.76. The number of hydrogen-bond acceptors (Lipinski definition) is 7. The molecule has 0 aliphatic carbocycles. The van der Waals surface area contributed by atoms with Crippen LogP contribution in [0.15, 0.2) is 0 Å². The molecule has 7 nitrogen and oxygen atoms in total. The lowest BCUT2D eigenvalue weighted by molar-refractivity contribution is 0.00595. The Morgan fingerprint density at radius 3 is 2.33 bits per heavy atom. The van der Waals surface area contributed by atoms with Crippen LogP contribution >= 0.6 is 15.9 Å². The number of hydrogen-bond donors (Lipinski definition) is 1. The largest absolute Gasteiger partial charge is 0.508 e. The minimum absolute atomic E-state index is 0.303. The predicted octanol–water partition coefficient (Wildman–Crippen LogP) is 1.67. The van der Waals surface area contributed by atoms with Crippen molar-refractivity contribution in [2.75, 3.05) is 20.8 Å². The van der Waals surface area contributed by atoms with Gasteiger partial charge in [0.05, 0.1) is 19.0 Å². The molecule has 0 aliphatic rings. The quantitative estimate of drug-likeness (QED) is 0.452. The van der Waals surface area contributed by atoms with Crippen LogP contribution in [0.4, 0.5) is 14.0 Å². The fraction of sp³-hybridized carbons (Fsp3) is 0.667. The Labute approximate surface area is 111 Å². The molecule has 0 saturated heterocycles. The Morgan fingerprint density at radius 2 is 1.89 bits per heavy atom. The summed E-state index contributed by atoms with van der Waals surface area (Å²) in [6, 6.07) is 0. The second-order valence-corrected chi connectivity index (χ2v) is 4.10. The average Bonchev–Trinajstić information content (AvgIpc) is 2.40. The second kappa shape index (κ2) is 8.67. The Hall–Kier alpha value is -1.38. The number of halogens is 2. The third kappa shape index (κ3) is 5.80.